The van der Waals surface area contributed by atoms with Crippen LogP contribution in [-0.2, 0) is 9.59 Å². The average Bonchev–Trinajstić information content (AvgIpc) is 2.83. The van der Waals surface area contributed by atoms with Gasteiger partial charge >= 0.3 is 0 Å². The van der Waals surface area contributed by atoms with E-state index in [1.165, 1.54) is 13.8 Å². The second kappa shape index (κ2) is 9.32. The van der Waals surface area contributed by atoms with E-state index in [9.17, 15) is 9.59 Å². The summed E-state index contributed by atoms with van der Waals surface area (Å²) in [7, 11) is 0. The number of nitrogens with zero attached hydrogens (tertiary/aromatic N) is 4. The van der Waals surface area contributed by atoms with Gasteiger partial charge in [0.2, 0.25) is 0 Å². The van der Waals surface area contributed by atoms with Crippen LogP contribution in [0.5, 0.6) is 0 Å². The minimum absolute atomic E-state index is 0.0383. The van der Waals surface area contributed by atoms with Crippen molar-refractivity contribution in [2.24, 2.45) is 0 Å². The van der Waals surface area contributed by atoms with Gasteiger partial charge in [-0.15, -0.1) is 0 Å². The van der Waals surface area contributed by atoms with E-state index < -0.39 is 0 Å². The molecule has 3 aromatic carbocycles. The molecule has 6 nitrogen and oxygen atoms in total. The minimum atomic E-state index is -0.0383. The molecule has 2 heterocycles. The highest BCUT2D eigenvalue weighted by Gasteiger charge is 2.15. The van der Waals surface area contributed by atoms with Crippen molar-refractivity contribution >= 4 is 55.6 Å². The van der Waals surface area contributed by atoms with E-state index in [0.29, 0.717) is 21.7 Å². The fourth-order valence-electron chi connectivity index (χ4n) is 3.58. The molecule has 0 aliphatic carbocycles. The Labute approximate surface area is 204 Å². The third kappa shape index (κ3) is 4.55. The number of carbonyl (C=O) groups is 2. The van der Waals surface area contributed by atoms with Crippen LogP contribution < -0.4 is 0 Å². The molecular weight excluding hydrogens is 464 g/mol. The summed E-state index contributed by atoms with van der Waals surface area (Å²) in [5.74, 6) is 1.03. The van der Waals surface area contributed by atoms with Crippen molar-refractivity contribution in [3.63, 3.8) is 0 Å². The number of rotatable bonds is 4. The lowest BCUT2D eigenvalue weighted by Crippen LogP contribution is -1.97. The smallest absolute Gasteiger partial charge is 0.192 e. The van der Waals surface area contributed by atoms with Gasteiger partial charge in [0.25, 0.3) is 0 Å². The molecule has 0 spiro atoms. The number of benzene rings is 3. The first-order valence-corrected chi connectivity index (χ1v) is 12.1. The van der Waals surface area contributed by atoms with Gasteiger partial charge in [0.1, 0.15) is 10.1 Å². The van der Waals surface area contributed by atoms with Crippen LogP contribution >= 0.6 is 23.5 Å². The first-order chi connectivity index (χ1) is 16.5. The molecule has 0 fully saturated rings. The lowest BCUT2D eigenvalue weighted by Gasteiger charge is -2.10. The van der Waals surface area contributed by atoms with Crippen molar-refractivity contribution in [1.82, 2.24) is 19.9 Å². The Bertz CT molecular complexity index is 1470. The van der Waals surface area contributed by atoms with E-state index in [4.69, 9.17) is 19.9 Å². The molecule has 0 saturated carbocycles. The fourth-order valence-corrected chi connectivity index (χ4v) is 4.95. The molecule has 0 N–H and O–H groups in total. The van der Waals surface area contributed by atoms with Gasteiger partial charge in [0, 0.05) is 35.7 Å². The van der Waals surface area contributed by atoms with Gasteiger partial charge in [-0.2, -0.15) is 0 Å². The Morgan fingerprint density at radius 3 is 1.47 bits per heavy atom. The first-order valence-electron chi connectivity index (χ1n) is 10.5. The molecular formula is C26H18N4O2S2. The van der Waals surface area contributed by atoms with Crippen LogP contribution in [0, 0.1) is 0 Å². The first kappa shape index (κ1) is 22.2. The number of para-hydroxylation sites is 2. The quantitative estimate of drug-likeness (QED) is 0.222. The number of hydrogen-bond donors (Lipinski definition) is 0. The molecule has 0 radical (unpaired) electrons. The summed E-state index contributed by atoms with van der Waals surface area (Å²) in [6, 6.07) is 23.0. The highest BCUT2D eigenvalue weighted by Crippen LogP contribution is 2.32. The SMILES string of the molecule is CC(=O)Sc1nc(-c2cccc(-c3nc(SC(C)=O)c4ccccc4n3)c2)nc2ccccc12. The van der Waals surface area contributed by atoms with Crippen molar-refractivity contribution in [2.75, 3.05) is 0 Å². The molecule has 0 atom stereocenters. The van der Waals surface area contributed by atoms with Gasteiger partial charge in [-0.05, 0) is 41.7 Å². The van der Waals surface area contributed by atoms with Crippen LogP contribution in [0.4, 0.5) is 0 Å². The predicted molar refractivity (Wildman–Crippen MR) is 137 cm³/mol. The molecule has 34 heavy (non-hydrogen) atoms. The maximum absolute atomic E-state index is 11.8. The van der Waals surface area contributed by atoms with E-state index in [2.05, 4.69) is 0 Å². The summed E-state index contributed by atoms with van der Waals surface area (Å²) < 4.78 is 0. The molecule has 0 amide bonds. The molecule has 2 aromatic heterocycles. The van der Waals surface area contributed by atoms with Crippen LogP contribution in [0.15, 0.2) is 82.8 Å². The minimum Gasteiger partial charge on any atom is -0.287 e. The van der Waals surface area contributed by atoms with Gasteiger partial charge in [-0.1, -0.05) is 54.6 Å². The van der Waals surface area contributed by atoms with Crippen molar-refractivity contribution in [1.29, 1.82) is 0 Å². The average molecular weight is 483 g/mol. The summed E-state index contributed by atoms with van der Waals surface area (Å²) >= 11 is 2.19. The lowest BCUT2D eigenvalue weighted by molar-refractivity contribution is -0.109. The maximum atomic E-state index is 11.8. The Kier molecular flexibility index (Phi) is 6.08. The maximum Gasteiger partial charge on any atom is 0.192 e. The highest BCUT2D eigenvalue weighted by molar-refractivity contribution is 8.13. The Morgan fingerprint density at radius 2 is 1.03 bits per heavy atom. The molecule has 0 bridgehead atoms. The largest absolute Gasteiger partial charge is 0.287 e. The van der Waals surface area contributed by atoms with E-state index in [1.807, 2.05) is 72.8 Å². The lowest BCUT2D eigenvalue weighted by atomic mass is 10.1. The topological polar surface area (TPSA) is 85.7 Å². The van der Waals surface area contributed by atoms with Gasteiger partial charge in [-0.3, -0.25) is 9.59 Å². The van der Waals surface area contributed by atoms with Crippen LogP contribution in [0.2, 0.25) is 0 Å². The van der Waals surface area contributed by atoms with E-state index in [1.54, 1.807) is 0 Å². The van der Waals surface area contributed by atoms with Crippen LogP contribution in [0.3, 0.4) is 0 Å². The number of thioether (sulfide) groups is 2. The summed E-state index contributed by atoms with van der Waals surface area (Å²) in [5.41, 5.74) is 3.10. The third-order valence-corrected chi connectivity index (χ3v) is 6.58. The number of carbonyl (C=O) groups excluding carboxylic acids is 2. The molecule has 166 valence electrons. The second-order valence-corrected chi connectivity index (χ2v) is 9.84. The van der Waals surface area contributed by atoms with Crippen molar-refractivity contribution in [3.05, 3.63) is 72.8 Å². The van der Waals surface area contributed by atoms with Crippen molar-refractivity contribution in [2.45, 2.75) is 23.9 Å². The standard InChI is InChI=1S/C26H18N4O2S2/c1-15(31)33-25-19-10-3-5-12-21(19)27-23(29-25)17-8-7-9-18(14-17)24-28-22-13-6-4-11-20(22)26(30-24)34-16(2)32/h3-14H,1-2H3. The normalized spacial score (nSPS) is 11.1. The molecule has 0 unspecified atom stereocenters. The Hall–Kier alpha value is -3.62. The fraction of sp³-hybridized carbons (Fsp3) is 0.0769. The summed E-state index contributed by atoms with van der Waals surface area (Å²) in [6.07, 6.45) is 0. The molecule has 0 aliphatic rings. The monoisotopic (exact) mass is 482 g/mol. The molecule has 5 rings (SSSR count). The number of hydrogen-bond acceptors (Lipinski definition) is 8. The zero-order valence-corrected chi connectivity index (χ0v) is 20.0. The number of fused-ring (bicyclic) bond motifs is 2. The zero-order valence-electron chi connectivity index (χ0n) is 18.4. The Morgan fingerprint density at radius 1 is 0.588 bits per heavy atom. The van der Waals surface area contributed by atoms with Gasteiger partial charge in [0.05, 0.1) is 11.0 Å². The van der Waals surface area contributed by atoms with E-state index in [-0.39, 0.29) is 10.2 Å². The predicted octanol–water partition coefficient (Wildman–Crippen LogP) is 6.18. The Balaban J connectivity index is 1.64. The van der Waals surface area contributed by atoms with Crippen LogP contribution in [0.1, 0.15) is 13.8 Å². The molecule has 5 aromatic rings. The number of aromatic nitrogens is 4. The zero-order chi connectivity index (χ0) is 23.7. The van der Waals surface area contributed by atoms with Gasteiger partial charge in [-0.25, -0.2) is 19.9 Å². The van der Waals surface area contributed by atoms with Gasteiger partial charge in [0.15, 0.2) is 21.9 Å². The van der Waals surface area contributed by atoms with E-state index in [0.717, 1.165) is 56.5 Å². The summed E-state index contributed by atoms with van der Waals surface area (Å²) in [5, 5.41) is 2.85. The molecule has 0 aliphatic heterocycles. The van der Waals surface area contributed by atoms with Crippen LogP contribution in [-0.4, -0.2) is 30.2 Å². The summed E-state index contributed by atoms with van der Waals surface area (Å²) in [6.45, 7) is 3.05. The van der Waals surface area contributed by atoms with Crippen molar-refractivity contribution < 1.29 is 9.59 Å². The van der Waals surface area contributed by atoms with Crippen LogP contribution in [0.25, 0.3) is 44.6 Å². The van der Waals surface area contributed by atoms with Gasteiger partial charge < -0.3 is 0 Å². The molecule has 0 saturated heterocycles. The molecule has 8 heteroatoms. The highest BCUT2D eigenvalue weighted by atomic mass is 32.2. The van der Waals surface area contributed by atoms with E-state index >= 15 is 0 Å². The van der Waals surface area contributed by atoms with Crippen molar-refractivity contribution in [3.8, 4) is 22.8 Å². The second-order valence-electron chi connectivity index (χ2n) is 7.51. The third-order valence-electron chi connectivity index (χ3n) is 5.00. The summed E-state index contributed by atoms with van der Waals surface area (Å²) in [4.78, 5) is 42.5.